The van der Waals surface area contributed by atoms with E-state index in [9.17, 15) is 0 Å². The van der Waals surface area contributed by atoms with Gasteiger partial charge < -0.3 is 14.0 Å². The number of halogens is 1. The van der Waals surface area contributed by atoms with Crippen LogP contribution in [-0.4, -0.2) is 22.8 Å². The van der Waals surface area contributed by atoms with Crippen LogP contribution in [0.1, 0.15) is 11.1 Å². The summed E-state index contributed by atoms with van der Waals surface area (Å²) in [5.41, 5.74) is 4.10. The molecular weight excluding hydrogens is 336 g/mol. The quantitative estimate of drug-likeness (QED) is 0.696. The highest BCUT2D eigenvalue weighted by molar-refractivity contribution is 6.31. The van der Waals surface area contributed by atoms with E-state index in [0.29, 0.717) is 24.8 Å². The zero-order chi connectivity index (χ0) is 17.3. The van der Waals surface area contributed by atoms with Crippen molar-refractivity contribution in [2.75, 3.05) is 13.2 Å². The van der Waals surface area contributed by atoms with E-state index in [1.807, 2.05) is 42.0 Å². The molecule has 0 aliphatic carbocycles. The van der Waals surface area contributed by atoms with Crippen molar-refractivity contribution in [1.29, 1.82) is 0 Å². The minimum absolute atomic E-state index is 0.530. The molecule has 1 aliphatic rings. The van der Waals surface area contributed by atoms with Gasteiger partial charge in [-0.1, -0.05) is 41.9 Å². The molecule has 4 rings (SSSR count). The zero-order valence-electron chi connectivity index (χ0n) is 14.0. The van der Waals surface area contributed by atoms with Crippen LogP contribution in [0.15, 0.2) is 61.2 Å². The van der Waals surface area contributed by atoms with E-state index in [1.54, 1.807) is 12.5 Å². The van der Waals surface area contributed by atoms with Crippen LogP contribution in [0.3, 0.4) is 0 Å². The fourth-order valence-corrected chi connectivity index (χ4v) is 3.50. The second-order valence-electron chi connectivity index (χ2n) is 6.18. The molecule has 4 nitrogen and oxygen atoms in total. The van der Waals surface area contributed by atoms with Gasteiger partial charge in [0, 0.05) is 23.0 Å². The molecule has 0 bridgehead atoms. The highest BCUT2D eigenvalue weighted by Gasteiger charge is 2.41. The molecule has 2 aromatic carbocycles. The van der Waals surface area contributed by atoms with Gasteiger partial charge in [0.15, 0.2) is 0 Å². The van der Waals surface area contributed by atoms with Crippen molar-refractivity contribution in [2.24, 2.45) is 0 Å². The number of hydrogen-bond acceptors (Lipinski definition) is 3. The largest absolute Gasteiger partial charge is 0.342 e. The number of benzene rings is 2. The van der Waals surface area contributed by atoms with Crippen LogP contribution in [-0.2, 0) is 21.8 Å². The van der Waals surface area contributed by atoms with Gasteiger partial charge in [0.1, 0.15) is 0 Å². The molecule has 0 atom stereocenters. The van der Waals surface area contributed by atoms with E-state index < -0.39 is 5.79 Å². The molecule has 128 valence electrons. The zero-order valence-corrected chi connectivity index (χ0v) is 14.7. The summed E-state index contributed by atoms with van der Waals surface area (Å²) in [6.45, 7) is 3.65. The van der Waals surface area contributed by atoms with E-state index in [1.165, 1.54) is 0 Å². The maximum Gasteiger partial charge on any atom is 0.213 e. The minimum Gasteiger partial charge on any atom is -0.342 e. The van der Waals surface area contributed by atoms with Crippen molar-refractivity contribution in [1.82, 2.24) is 9.55 Å². The summed E-state index contributed by atoms with van der Waals surface area (Å²) in [6, 6.07) is 14.3. The lowest BCUT2D eigenvalue weighted by Crippen LogP contribution is -2.33. The van der Waals surface area contributed by atoms with Gasteiger partial charge in [-0.25, -0.2) is 4.98 Å². The van der Waals surface area contributed by atoms with E-state index in [-0.39, 0.29) is 0 Å². The Morgan fingerprint density at radius 3 is 2.56 bits per heavy atom. The Morgan fingerprint density at radius 1 is 1.12 bits per heavy atom. The molecular formula is C20H19ClN2O2. The van der Waals surface area contributed by atoms with Gasteiger partial charge in [-0.2, -0.15) is 0 Å². The Balaban J connectivity index is 1.83. The van der Waals surface area contributed by atoms with Crippen LogP contribution in [0.4, 0.5) is 0 Å². The second-order valence-corrected chi connectivity index (χ2v) is 6.59. The van der Waals surface area contributed by atoms with Crippen LogP contribution in [0.25, 0.3) is 11.1 Å². The summed E-state index contributed by atoms with van der Waals surface area (Å²) in [5, 5.41) is 0.709. The van der Waals surface area contributed by atoms with Crippen LogP contribution < -0.4 is 0 Å². The predicted octanol–water partition coefficient (Wildman–Crippen LogP) is 4.41. The van der Waals surface area contributed by atoms with Crippen LogP contribution in [0.5, 0.6) is 0 Å². The number of ether oxygens (including phenoxy) is 2. The predicted molar refractivity (Wildman–Crippen MR) is 97.4 cm³/mol. The molecule has 0 amide bonds. The van der Waals surface area contributed by atoms with Crippen molar-refractivity contribution in [3.8, 4) is 11.1 Å². The smallest absolute Gasteiger partial charge is 0.213 e. The standard InChI is InChI=1S/C20H19ClN2O2/c1-15-18(11-17(12-19(15)21)16-5-3-2-4-6-16)20(24-9-10-25-20)13-23-8-7-22-14-23/h2-8,11-12,14H,9-10,13H2,1H3. The van der Waals surface area contributed by atoms with E-state index >= 15 is 0 Å². The first-order valence-electron chi connectivity index (χ1n) is 8.28. The minimum atomic E-state index is -0.848. The topological polar surface area (TPSA) is 36.3 Å². The van der Waals surface area contributed by atoms with Gasteiger partial charge in [0.25, 0.3) is 0 Å². The monoisotopic (exact) mass is 354 g/mol. The van der Waals surface area contributed by atoms with E-state index in [2.05, 4.69) is 23.2 Å². The molecule has 0 saturated carbocycles. The first kappa shape index (κ1) is 16.3. The first-order chi connectivity index (χ1) is 12.2. The maximum atomic E-state index is 6.56. The highest BCUT2D eigenvalue weighted by atomic mass is 35.5. The molecule has 1 fully saturated rings. The fourth-order valence-electron chi connectivity index (χ4n) is 3.28. The number of nitrogens with zero attached hydrogens (tertiary/aromatic N) is 2. The van der Waals surface area contributed by atoms with E-state index in [0.717, 1.165) is 22.3 Å². The second kappa shape index (κ2) is 6.64. The Kier molecular flexibility index (Phi) is 4.34. The molecule has 25 heavy (non-hydrogen) atoms. The SMILES string of the molecule is Cc1c(Cl)cc(-c2ccccc2)cc1C1(Cn2ccnc2)OCCO1. The van der Waals surface area contributed by atoms with Gasteiger partial charge in [0.2, 0.25) is 5.79 Å². The molecule has 1 aromatic heterocycles. The van der Waals surface area contributed by atoms with Gasteiger partial charge in [-0.3, -0.25) is 0 Å². The van der Waals surface area contributed by atoms with Crippen LogP contribution >= 0.6 is 11.6 Å². The third kappa shape index (κ3) is 3.09. The van der Waals surface area contributed by atoms with Gasteiger partial charge in [-0.15, -0.1) is 0 Å². The maximum absolute atomic E-state index is 6.56. The molecule has 3 aromatic rings. The van der Waals surface area contributed by atoms with Gasteiger partial charge in [-0.05, 0) is 35.7 Å². The van der Waals surface area contributed by atoms with Gasteiger partial charge in [0.05, 0.1) is 26.1 Å². The van der Waals surface area contributed by atoms with Gasteiger partial charge >= 0.3 is 0 Å². The van der Waals surface area contributed by atoms with Crippen molar-refractivity contribution in [2.45, 2.75) is 19.3 Å². The molecule has 1 aliphatic heterocycles. The molecule has 0 N–H and O–H groups in total. The summed E-state index contributed by atoms with van der Waals surface area (Å²) in [4.78, 5) is 4.12. The average molecular weight is 355 g/mol. The summed E-state index contributed by atoms with van der Waals surface area (Å²) in [7, 11) is 0. The van der Waals surface area contributed by atoms with E-state index in [4.69, 9.17) is 21.1 Å². The molecule has 0 spiro atoms. The molecule has 0 radical (unpaired) electrons. The number of aromatic nitrogens is 2. The summed E-state index contributed by atoms with van der Waals surface area (Å²) in [5.74, 6) is -0.848. The highest BCUT2D eigenvalue weighted by Crippen LogP contribution is 2.40. The summed E-state index contributed by atoms with van der Waals surface area (Å²) < 4.78 is 14.2. The van der Waals surface area contributed by atoms with Crippen molar-refractivity contribution < 1.29 is 9.47 Å². The average Bonchev–Trinajstić information content (AvgIpc) is 3.31. The third-order valence-electron chi connectivity index (χ3n) is 4.57. The lowest BCUT2D eigenvalue weighted by atomic mass is 9.94. The van der Waals surface area contributed by atoms with Crippen LogP contribution in [0.2, 0.25) is 5.02 Å². The summed E-state index contributed by atoms with van der Waals surface area (Å²) >= 11 is 6.56. The molecule has 5 heteroatoms. The Bertz CT molecular complexity index is 857. The number of hydrogen-bond donors (Lipinski definition) is 0. The first-order valence-corrected chi connectivity index (χ1v) is 8.65. The Labute approximate surface area is 152 Å². The number of imidazole rings is 1. The number of rotatable bonds is 4. The lowest BCUT2D eigenvalue weighted by molar-refractivity contribution is -0.176. The molecule has 2 heterocycles. The lowest BCUT2D eigenvalue weighted by Gasteiger charge is -2.30. The Hall–Kier alpha value is -2.14. The molecule has 0 unspecified atom stereocenters. The normalized spacial score (nSPS) is 16.2. The summed E-state index contributed by atoms with van der Waals surface area (Å²) in [6.07, 6.45) is 5.43. The van der Waals surface area contributed by atoms with Crippen molar-refractivity contribution in [3.05, 3.63) is 77.3 Å². The van der Waals surface area contributed by atoms with Crippen molar-refractivity contribution in [3.63, 3.8) is 0 Å². The van der Waals surface area contributed by atoms with Crippen LogP contribution in [0, 0.1) is 6.92 Å². The molecule has 1 saturated heterocycles. The van der Waals surface area contributed by atoms with Crippen molar-refractivity contribution >= 4 is 11.6 Å². The third-order valence-corrected chi connectivity index (χ3v) is 4.96. The Morgan fingerprint density at radius 2 is 1.88 bits per heavy atom. The fraction of sp³-hybridized carbons (Fsp3) is 0.250.